The van der Waals surface area contributed by atoms with Gasteiger partial charge in [-0.2, -0.15) is 0 Å². The van der Waals surface area contributed by atoms with Crippen molar-refractivity contribution in [2.75, 3.05) is 37.6 Å². The first kappa shape index (κ1) is 14.0. The third-order valence-corrected chi connectivity index (χ3v) is 4.22. The molecule has 0 spiro atoms. The van der Waals surface area contributed by atoms with Crippen molar-refractivity contribution >= 4 is 15.7 Å². The van der Waals surface area contributed by atoms with Crippen LogP contribution in [-0.2, 0) is 10.0 Å². The molecule has 2 N–H and O–H groups in total. The molecule has 1 fully saturated rings. The fourth-order valence-corrected chi connectivity index (χ4v) is 2.73. The minimum absolute atomic E-state index is 0.154. The maximum Gasteiger partial charge on any atom is 0.238 e. The Hall–Kier alpha value is -1.37. The molecule has 1 aliphatic heterocycles. The fraction of sp³-hybridized carbons (Fsp3) is 0.385. The molecule has 2 rings (SSSR count). The van der Waals surface area contributed by atoms with E-state index in [2.05, 4.69) is 16.4 Å². The van der Waals surface area contributed by atoms with Crippen molar-refractivity contribution in [2.24, 2.45) is 5.14 Å². The highest BCUT2D eigenvalue weighted by Crippen LogP contribution is 2.18. The van der Waals surface area contributed by atoms with Crippen LogP contribution < -0.4 is 10.0 Å². The largest absolute Gasteiger partial charge is 0.369 e. The van der Waals surface area contributed by atoms with Gasteiger partial charge in [0.05, 0.1) is 4.90 Å². The number of hydrogen-bond donors (Lipinski definition) is 1. The monoisotopic (exact) mass is 281 g/mol. The highest BCUT2D eigenvalue weighted by molar-refractivity contribution is 7.89. The van der Waals surface area contributed by atoms with Crippen molar-refractivity contribution in [2.45, 2.75) is 4.90 Å². The summed E-state index contributed by atoms with van der Waals surface area (Å²) in [5.74, 6) is 0. The van der Waals surface area contributed by atoms with Crippen molar-refractivity contribution in [3.63, 3.8) is 0 Å². The summed E-state index contributed by atoms with van der Waals surface area (Å²) in [6, 6.07) is 6.73. The second kappa shape index (κ2) is 5.73. The summed E-state index contributed by atoms with van der Waals surface area (Å²) in [5.41, 5.74) is 1.03. The van der Waals surface area contributed by atoms with Crippen LogP contribution >= 0.6 is 0 Å². The van der Waals surface area contributed by atoms with E-state index in [9.17, 15) is 8.42 Å². The number of benzene rings is 1. The lowest BCUT2D eigenvalue weighted by atomic mass is 10.2. The molecule has 0 aromatic heterocycles. The maximum atomic E-state index is 11.2. The number of sulfonamides is 1. The van der Waals surface area contributed by atoms with Crippen LogP contribution in [0.5, 0.6) is 0 Å². The van der Waals surface area contributed by atoms with E-state index >= 15 is 0 Å². The topological polar surface area (TPSA) is 66.6 Å². The van der Waals surface area contributed by atoms with Crippen molar-refractivity contribution in [1.29, 1.82) is 0 Å². The number of nitrogens with two attached hydrogens (primary N) is 1. The van der Waals surface area contributed by atoms with Gasteiger partial charge in [0.1, 0.15) is 0 Å². The van der Waals surface area contributed by atoms with Gasteiger partial charge in [0.25, 0.3) is 0 Å². The van der Waals surface area contributed by atoms with Gasteiger partial charge in [-0.05, 0) is 24.3 Å². The van der Waals surface area contributed by atoms with Gasteiger partial charge in [-0.3, -0.25) is 4.90 Å². The van der Waals surface area contributed by atoms with E-state index < -0.39 is 10.0 Å². The Labute approximate surface area is 114 Å². The van der Waals surface area contributed by atoms with Gasteiger partial charge < -0.3 is 4.90 Å². The molecule has 0 atom stereocenters. The van der Waals surface area contributed by atoms with Crippen molar-refractivity contribution < 1.29 is 8.42 Å². The first-order valence-electron chi connectivity index (χ1n) is 6.22. The van der Waals surface area contributed by atoms with Crippen LogP contribution in [0.4, 0.5) is 5.69 Å². The van der Waals surface area contributed by atoms with Crippen molar-refractivity contribution in [1.82, 2.24) is 4.90 Å². The molecule has 6 heteroatoms. The van der Waals surface area contributed by atoms with Gasteiger partial charge >= 0.3 is 0 Å². The molecule has 0 saturated carbocycles. The Morgan fingerprint density at radius 2 is 1.74 bits per heavy atom. The number of rotatable bonds is 4. The number of hydrogen-bond acceptors (Lipinski definition) is 4. The SMILES string of the molecule is C=CCN1CCN(c2ccc(S(N)(=O)=O)cc2)CC1. The number of anilines is 1. The second-order valence-corrected chi connectivity index (χ2v) is 6.18. The molecule has 0 unspecified atom stereocenters. The van der Waals surface area contributed by atoms with E-state index in [0.717, 1.165) is 38.4 Å². The van der Waals surface area contributed by atoms with E-state index in [1.54, 1.807) is 12.1 Å². The quantitative estimate of drug-likeness (QED) is 0.823. The van der Waals surface area contributed by atoms with E-state index in [1.807, 2.05) is 18.2 Å². The van der Waals surface area contributed by atoms with Gasteiger partial charge in [-0.15, -0.1) is 6.58 Å². The van der Waals surface area contributed by atoms with Gasteiger partial charge in [0.2, 0.25) is 10.0 Å². The van der Waals surface area contributed by atoms with E-state index in [1.165, 1.54) is 0 Å². The second-order valence-electron chi connectivity index (χ2n) is 4.62. The molecular formula is C13H19N3O2S. The van der Waals surface area contributed by atoms with Gasteiger partial charge in [0.15, 0.2) is 0 Å². The molecule has 104 valence electrons. The average Bonchev–Trinajstić information content (AvgIpc) is 2.39. The summed E-state index contributed by atoms with van der Waals surface area (Å²) in [6.45, 7) is 8.50. The minimum atomic E-state index is -3.60. The maximum absolute atomic E-state index is 11.2. The average molecular weight is 281 g/mol. The minimum Gasteiger partial charge on any atom is -0.369 e. The summed E-state index contributed by atoms with van der Waals surface area (Å²) < 4.78 is 22.4. The zero-order valence-electron chi connectivity index (χ0n) is 10.8. The Bertz CT molecular complexity index is 532. The lowest BCUT2D eigenvalue weighted by Crippen LogP contribution is -2.46. The summed E-state index contributed by atoms with van der Waals surface area (Å²) in [6.07, 6.45) is 1.91. The lowest BCUT2D eigenvalue weighted by Gasteiger charge is -2.35. The van der Waals surface area contributed by atoms with Crippen LogP contribution in [0.25, 0.3) is 0 Å². The molecule has 0 aliphatic carbocycles. The van der Waals surface area contributed by atoms with E-state index in [-0.39, 0.29) is 4.90 Å². The fourth-order valence-electron chi connectivity index (χ4n) is 2.22. The molecule has 0 bridgehead atoms. The van der Waals surface area contributed by atoms with Crippen LogP contribution in [0.15, 0.2) is 41.8 Å². The third kappa shape index (κ3) is 3.56. The molecule has 1 aromatic carbocycles. The van der Waals surface area contributed by atoms with Gasteiger partial charge in [0, 0.05) is 38.4 Å². The Balaban J connectivity index is 2.02. The summed E-state index contributed by atoms with van der Waals surface area (Å²) >= 11 is 0. The molecule has 1 heterocycles. The molecule has 1 aliphatic rings. The summed E-state index contributed by atoms with van der Waals surface area (Å²) in [7, 11) is -3.60. The number of nitrogens with zero attached hydrogens (tertiary/aromatic N) is 2. The van der Waals surface area contributed by atoms with Crippen LogP contribution in [0.1, 0.15) is 0 Å². The van der Waals surface area contributed by atoms with Crippen molar-refractivity contribution in [3.8, 4) is 0 Å². The van der Waals surface area contributed by atoms with Crippen molar-refractivity contribution in [3.05, 3.63) is 36.9 Å². The molecule has 19 heavy (non-hydrogen) atoms. The Kier molecular flexibility index (Phi) is 4.24. The highest BCUT2D eigenvalue weighted by Gasteiger charge is 2.16. The number of primary sulfonamides is 1. The molecule has 1 saturated heterocycles. The highest BCUT2D eigenvalue weighted by atomic mass is 32.2. The summed E-state index contributed by atoms with van der Waals surface area (Å²) in [4.78, 5) is 4.73. The third-order valence-electron chi connectivity index (χ3n) is 3.29. The first-order valence-corrected chi connectivity index (χ1v) is 7.76. The van der Waals surface area contributed by atoms with Gasteiger partial charge in [-0.25, -0.2) is 13.6 Å². The smallest absolute Gasteiger partial charge is 0.238 e. The molecule has 5 nitrogen and oxygen atoms in total. The summed E-state index contributed by atoms with van der Waals surface area (Å²) in [5, 5.41) is 5.08. The normalized spacial score (nSPS) is 17.4. The number of piperazine rings is 1. The van der Waals surface area contributed by atoms with Crippen LogP contribution in [-0.4, -0.2) is 46.0 Å². The lowest BCUT2D eigenvalue weighted by molar-refractivity contribution is 0.284. The zero-order chi connectivity index (χ0) is 13.9. The molecular weight excluding hydrogens is 262 g/mol. The Morgan fingerprint density at radius 1 is 1.16 bits per heavy atom. The predicted octanol–water partition coefficient (Wildman–Crippen LogP) is 0.642. The van der Waals surface area contributed by atoms with Crippen LogP contribution in [0, 0.1) is 0 Å². The van der Waals surface area contributed by atoms with E-state index in [4.69, 9.17) is 5.14 Å². The molecule has 1 aromatic rings. The van der Waals surface area contributed by atoms with Crippen LogP contribution in [0.2, 0.25) is 0 Å². The Morgan fingerprint density at radius 3 is 2.21 bits per heavy atom. The predicted molar refractivity (Wildman–Crippen MR) is 76.7 cm³/mol. The standard InChI is InChI=1S/C13H19N3O2S/c1-2-7-15-8-10-16(11-9-15)12-3-5-13(6-4-12)19(14,17)18/h2-6H,1,7-11H2,(H2,14,17,18). The molecule has 0 radical (unpaired) electrons. The zero-order valence-corrected chi connectivity index (χ0v) is 11.6. The van der Waals surface area contributed by atoms with Gasteiger partial charge in [-0.1, -0.05) is 6.08 Å². The first-order chi connectivity index (χ1) is 9.00. The van der Waals surface area contributed by atoms with E-state index in [0.29, 0.717) is 0 Å². The molecule has 0 amide bonds. The van der Waals surface area contributed by atoms with Crippen LogP contribution in [0.3, 0.4) is 0 Å².